The van der Waals surface area contributed by atoms with Crippen molar-refractivity contribution in [1.82, 2.24) is 0 Å². The number of unbranched alkanes of at least 4 members (excludes halogenated alkanes) is 1. The van der Waals surface area contributed by atoms with E-state index in [9.17, 15) is 51.1 Å². The minimum atomic E-state index is -2.68. The lowest BCUT2D eigenvalue weighted by Crippen LogP contribution is -2.79. The molecule has 4 bridgehead atoms. The van der Waals surface area contributed by atoms with E-state index in [0.29, 0.717) is 12.8 Å². The number of nitrogens with two attached hydrogens (primary N) is 1. The fourth-order valence-electron chi connectivity index (χ4n) is 7.23. The summed E-state index contributed by atoms with van der Waals surface area (Å²) < 4.78 is 51.9. The predicted molar refractivity (Wildman–Crippen MR) is 149 cm³/mol. The lowest BCUT2D eigenvalue weighted by Gasteiger charge is -2.55. The number of hydrogen-bond acceptors (Lipinski definition) is 20. The average molecular weight is 702 g/mol. The first kappa shape index (κ1) is 37.0. The third kappa shape index (κ3) is 6.21. The van der Waals surface area contributed by atoms with E-state index < -0.39 is 135 Å². The molecule has 6 aliphatic rings. The first-order valence-corrected chi connectivity index (χ1v) is 16.1. The summed E-state index contributed by atoms with van der Waals surface area (Å²) in [5.74, 6) is -2.19. The molecule has 6 saturated heterocycles. The predicted octanol–water partition coefficient (Wildman–Crippen LogP) is -6.81. The van der Waals surface area contributed by atoms with Gasteiger partial charge in [0.25, 0.3) is 0 Å². The SMILES string of the molecule is CCCC[C@@]1(O[C@@H]2[C@H]3OC[C@@H]2O[C@@H](O[C@@H]2[C@@H](O)[C@H](O[C@@H]4[C@H]5OC[C@@H]4O[C@@H](O)[C@H]5O)O[C@H](CO)[C@H]2O)[C@H]3O)O[C@H](CO)[C@H](O)[C@H](O)[C@@]1(N)O. The van der Waals surface area contributed by atoms with Crippen LogP contribution in [0.4, 0.5) is 0 Å². The Morgan fingerprint density at radius 3 is 1.96 bits per heavy atom. The fourth-order valence-corrected chi connectivity index (χ4v) is 7.23. The Morgan fingerprint density at radius 1 is 0.708 bits per heavy atom. The third-order valence-corrected chi connectivity index (χ3v) is 10.0. The zero-order valence-corrected chi connectivity index (χ0v) is 26.1. The molecule has 6 fully saturated rings. The Kier molecular flexibility index (Phi) is 11.0. The number of aliphatic hydroxyl groups excluding tert-OH is 9. The largest absolute Gasteiger partial charge is 0.394 e. The maximum absolute atomic E-state index is 11.3. The third-order valence-electron chi connectivity index (χ3n) is 10.0. The molecule has 0 aromatic rings. The Bertz CT molecular complexity index is 1090. The molecule has 0 unspecified atom stereocenters. The summed E-state index contributed by atoms with van der Waals surface area (Å²) in [6, 6.07) is 0. The van der Waals surface area contributed by atoms with E-state index in [1.807, 2.05) is 6.92 Å². The topological polar surface area (TPSA) is 311 Å². The van der Waals surface area contributed by atoms with Gasteiger partial charge in [-0.05, 0) is 6.42 Å². The van der Waals surface area contributed by atoms with Crippen molar-refractivity contribution in [1.29, 1.82) is 0 Å². The Morgan fingerprint density at radius 2 is 1.31 bits per heavy atom. The van der Waals surface area contributed by atoms with E-state index in [0.717, 1.165) is 0 Å². The van der Waals surface area contributed by atoms with E-state index in [-0.39, 0.29) is 19.6 Å². The maximum Gasteiger partial charge on any atom is 0.215 e. The molecule has 6 aliphatic heterocycles. The van der Waals surface area contributed by atoms with Gasteiger partial charge in [0.2, 0.25) is 5.79 Å². The van der Waals surface area contributed by atoms with Crippen molar-refractivity contribution in [3.63, 3.8) is 0 Å². The number of rotatable bonds is 11. The molecule has 278 valence electrons. The molecule has 0 radical (unpaired) electrons. The minimum absolute atomic E-state index is 0.0289. The summed E-state index contributed by atoms with van der Waals surface area (Å²) in [6.45, 7) is 0.187. The quantitative estimate of drug-likeness (QED) is 0.0892. The molecule has 0 amide bonds. The Balaban J connectivity index is 1.17. The molecular formula is C28H47NO19. The van der Waals surface area contributed by atoms with Gasteiger partial charge in [0.1, 0.15) is 91.6 Å². The first-order chi connectivity index (χ1) is 22.8. The molecule has 0 aromatic heterocycles. The van der Waals surface area contributed by atoms with Gasteiger partial charge in [-0.25, -0.2) is 0 Å². The summed E-state index contributed by atoms with van der Waals surface area (Å²) in [5, 5.41) is 106. The van der Waals surface area contributed by atoms with Crippen molar-refractivity contribution in [2.75, 3.05) is 26.4 Å². The Labute approximate surface area is 274 Å². The average Bonchev–Trinajstić information content (AvgIpc) is 3.55. The summed E-state index contributed by atoms with van der Waals surface area (Å²) in [4.78, 5) is 0. The number of hydrogen-bond donors (Lipinski definition) is 11. The molecule has 48 heavy (non-hydrogen) atoms. The van der Waals surface area contributed by atoms with Gasteiger partial charge in [-0.1, -0.05) is 13.3 Å². The van der Waals surface area contributed by atoms with Crippen LogP contribution in [0.5, 0.6) is 0 Å². The lowest BCUT2D eigenvalue weighted by atomic mass is 9.83. The van der Waals surface area contributed by atoms with Crippen LogP contribution in [0.2, 0.25) is 0 Å². The van der Waals surface area contributed by atoms with E-state index >= 15 is 0 Å². The van der Waals surface area contributed by atoms with Crippen molar-refractivity contribution >= 4 is 0 Å². The molecule has 6 rings (SSSR count). The normalized spacial score (nSPS) is 55.2. The van der Waals surface area contributed by atoms with E-state index in [1.165, 1.54) is 0 Å². The van der Waals surface area contributed by atoms with Crippen molar-refractivity contribution in [2.45, 2.75) is 148 Å². The van der Waals surface area contributed by atoms with Gasteiger partial charge in [0, 0.05) is 6.42 Å². The molecule has 0 spiro atoms. The molecule has 0 aromatic carbocycles. The highest BCUT2D eigenvalue weighted by molar-refractivity contribution is 5.08. The molecule has 20 atom stereocenters. The summed E-state index contributed by atoms with van der Waals surface area (Å²) in [6.07, 6.45) is -24.7. The second-order valence-corrected chi connectivity index (χ2v) is 13.1. The number of ether oxygens (including phenoxy) is 9. The standard InChI is InChI=1S/C28H47NO19/c1-2-3-4-27(28(29,39)23(37)14(33)10(6-31)47-27)48-19-12-8-41-22(19)17(36)26(44-12)46-20-13(32)9(5-30)43-25(16(20)35)45-18-11-7-40-21(18)15(34)24(38)42-11/h9-26,30-39H,2-8,29H2,1H3/t9-,10-,11+,12+,13-,14+,15+,16-,17+,18+,19+,20+,21+,22+,23+,24-,25+,26+,27+,28-/m1/s1. The second kappa shape index (κ2) is 14.3. The van der Waals surface area contributed by atoms with Gasteiger partial charge in [0.05, 0.1) is 26.4 Å². The van der Waals surface area contributed by atoms with Crippen molar-refractivity contribution in [3.8, 4) is 0 Å². The molecule has 6 heterocycles. The van der Waals surface area contributed by atoms with Gasteiger partial charge in [-0.3, -0.25) is 5.73 Å². The van der Waals surface area contributed by atoms with Crippen LogP contribution in [-0.2, 0) is 42.6 Å². The van der Waals surface area contributed by atoms with Gasteiger partial charge in [-0.2, -0.15) is 0 Å². The minimum Gasteiger partial charge on any atom is -0.394 e. The van der Waals surface area contributed by atoms with Crippen LogP contribution in [0.15, 0.2) is 0 Å². The van der Waals surface area contributed by atoms with Crippen LogP contribution in [0.25, 0.3) is 0 Å². The van der Waals surface area contributed by atoms with Crippen LogP contribution in [0.1, 0.15) is 26.2 Å². The first-order valence-electron chi connectivity index (χ1n) is 16.1. The Hall–Kier alpha value is -0.800. The smallest absolute Gasteiger partial charge is 0.215 e. The summed E-state index contributed by atoms with van der Waals surface area (Å²) >= 11 is 0. The van der Waals surface area contributed by atoms with E-state index in [2.05, 4.69) is 0 Å². The van der Waals surface area contributed by atoms with E-state index in [1.54, 1.807) is 0 Å². The maximum atomic E-state index is 11.3. The molecule has 20 nitrogen and oxygen atoms in total. The second-order valence-electron chi connectivity index (χ2n) is 13.1. The van der Waals surface area contributed by atoms with Crippen LogP contribution >= 0.6 is 0 Å². The number of aliphatic hydroxyl groups is 10. The van der Waals surface area contributed by atoms with Gasteiger partial charge < -0.3 is 93.7 Å². The van der Waals surface area contributed by atoms with Crippen molar-refractivity contribution in [2.24, 2.45) is 5.73 Å². The molecular weight excluding hydrogens is 654 g/mol. The van der Waals surface area contributed by atoms with Crippen molar-refractivity contribution in [3.05, 3.63) is 0 Å². The highest BCUT2D eigenvalue weighted by atomic mass is 16.8. The highest BCUT2D eigenvalue weighted by Gasteiger charge is 2.66. The van der Waals surface area contributed by atoms with Crippen LogP contribution in [0.3, 0.4) is 0 Å². The molecule has 20 heteroatoms. The highest BCUT2D eigenvalue weighted by Crippen LogP contribution is 2.45. The van der Waals surface area contributed by atoms with Crippen LogP contribution in [-0.4, -0.2) is 199 Å². The molecule has 0 saturated carbocycles. The fraction of sp³-hybridized carbons (Fsp3) is 1.00. The van der Waals surface area contributed by atoms with Gasteiger partial charge in [-0.15, -0.1) is 0 Å². The van der Waals surface area contributed by atoms with Crippen LogP contribution in [0, 0.1) is 0 Å². The zero-order chi connectivity index (χ0) is 34.7. The molecule has 0 aliphatic carbocycles. The number of fused-ring (bicyclic) bond motifs is 4. The van der Waals surface area contributed by atoms with Crippen LogP contribution < -0.4 is 5.73 Å². The monoisotopic (exact) mass is 701 g/mol. The molecule has 12 N–H and O–H groups in total. The van der Waals surface area contributed by atoms with Gasteiger partial charge >= 0.3 is 0 Å². The van der Waals surface area contributed by atoms with Crippen molar-refractivity contribution < 1.29 is 93.7 Å². The lowest BCUT2D eigenvalue weighted by molar-refractivity contribution is -0.426. The summed E-state index contributed by atoms with van der Waals surface area (Å²) in [5.41, 5.74) is 3.46. The zero-order valence-electron chi connectivity index (χ0n) is 26.1. The van der Waals surface area contributed by atoms with Gasteiger partial charge in [0.15, 0.2) is 24.6 Å². The summed E-state index contributed by atoms with van der Waals surface area (Å²) in [7, 11) is 0. The van der Waals surface area contributed by atoms with E-state index in [4.69, 9.17) is 48.4 Å².